The van der Waals surface area contributed by atoms with Crippen LogP contribution in [-0.2, 0) is 5.41 Å². The molecule has 0 aliphatic heterocycles. The zero-order valence-corrected chi connectivity index (χ0v) is 31.5. The summed E-state index contributed by atoms with van der Waals surface area (Å²) in [6.07, 6.45) is 6.42. The molecular weight excluding hydrogens is 667 g/mol. The van der Waals surface area contributed by atoms with E-state index in [4.69, 9.17) is 4.42 Å². The van der Waals surface area contributed by atoms with Crippen molar-refractivity contribution in [3.63, 3.8) is 0 Å². The lowest BCUT2D eigenvalue weighted by Gasteiger charge is -2.30. The molecule has 0 spiro atoms. The van der Waals surface area contributed by atoms with E-state index >= 15 is 0 Å². The standard InChI is InChI=1S/C53H43NO/c1-53(2)47-25-11-10-21-42(47)43-29-27-37(32-48(43)53)54(38-28-30-44-46-24-13-22-41(35-14-4-3-5-15-35)52(46)55-50(44)33-38)49-31-26-36-17-7-9-20-40(36)51(49)45-23-12-18-34-16-6-8-19-39(34)45/h6-13,16-33,35H,3-5,14-15H2,1-2H3. The van der Waals surface area contributed by atoms with Crippen molar-refractivity contribution in [2.24, 2.45) is 0 Å². The van der Waals surface area contributed by atoms with Crippen LogP contribution in [-0.4, -0.2) is 0 Å². The Bertz CT molecular complexity index is 2950. The Kier molecular flexibility index (Phi) is 7.33. The van der Waals surface area contributed by atoms with E-state index in [1.165, 1.54) is 103 Å². The summed E-state index contributed by atoms with van der Waals surface area (Å²) in [6.45, 7) is 4.74. The lowest BCUT2D eigenvalue weighted by molar-refractivity contribution is 0.442. The molecule has 0 N–H and O–H groups in total. The zero-order chi connectivity index (χ0) is 36.7. The third kappa shape index (κ3) is 5.01. The van der Waals surface area contributed by atoms with Crippen molar-refractivity contribution in [3.8, 4) is 22.3 Å². The van der Waals surface area contributed by atoms with Gasteiger partial charge in [-0.25, -0.2) is 0 Å². The summed E-state index contributed by atoms with van der Waals surface area (Å²) in [5.41, 5.74) is 14.4. The summed E-state index contributed by atoms with van der Waals surface area (Å²) in [4.78, 5) is 2.48. The van der Waals surface area contributed by atoms with Crippen LogP contribution in [0.3, 0.4) is 0 Å². The average Bonchev–Trinajstić information content (AvgIpc) is 3.72. The Morgan fingerprint density at radius 2 is 1.16 bits per heavy atom. The van der Waals surface area contributed by atoms with Gasteiger partial charge in [0, 0.05) is 39.2 Å². The van der Waals surface area contributed by atoms with E-state index in [0.717, 1.165) is 28.2 Å². The van der Waals surface area contributed by atoms with E-state index in [-0.39, 0.29) is 5.41 Å². The minimum Gasteiger partial charge on any atom is -0.456 e. The van der Waals surface area contributed by atoms with E-state index in [1.54, 1.807) is 0 Å². The molecule has 0 unspecified atom stereocenters. The van der Waals surface area contributed by atoms with Gasteiger partial charge in [-0.15, -0.1) is 0 Å². The van der Waals surface area contributed by atoms with E-state index in [9.17, 15) is 0 Å². The lowest BCUT2D eigenvalue weighted by Crippen LogP contribution is -2.17. The molecule has 1 saturated carbocycles. The molecule has 1 fully saturated rings. The van der Waals surface area contributed by atoms with Gasteiger partial charge in [0.2, 0.25) is 0 Å². The van der Waals surface area contributed by atoms with Crippen molar-refractivity contribution < 1.29 is 4.42 Å². The fourth-order valence-corrected chi connectivity index (χ4v) is 10.1. The third-order valence-electron chi connectivity index (χ3n) is 12.8. The van der Waals surface area contributed by atoms with Gasteiger partial charge in [0.05, 0.1) is 5.69 Å². The topological polar surface area (TPSA) is 16.4 Å². The Hall–Kier alpha value is -6.12. The second-order valence-electron chi connectivity index (χ2n) is 16.3. The van der Waals surface area contributed by atoms with Crippen molar-refractivity contribution in [1.82, 2.24) is 0 Å². The summed E-state index contributed by atoms with van der Waals surface area (Å²) < 4.78 is 6.96. The van der Waals surface area contributed by atoms with Crippen LogP contribution in [0.1, 0.15) is 68.6 Å². The zero-order valence-electron chi connectivity index (χ0n) is 31.5. The van der Waals surface area contributed by atoms with Gasteiger partial charge in [-0.05, 0) is 104 Å². The van der Waals surface area contributed by atoms with E-state index in [0.29, 0.717) is 5.92 Å². The van der Waals surface area contributed by atoms with Crippen LogP contribution in [0.5, 0.6) is 0 Å². The smallest absolute Gasteiger partial charge is 0.138 e. The first-order valence-corrected chi connectivity index (χ1v) is 20.0. The number of fused-ring (bicyclic) bond motifs is 8. The maximum Gasteiger partial charge on any atom is 0.138 e. The molecule has 0 bridgehead atoms. The highest BCUT2D eigenvalue weighted by Gasteiger charge is 2.36. The molecule has 9 aromatic rings. The van der Waals surface area contributed by atoms with Crippen molar-refractivity contribution in [2.45, 2.75) is 57.3 Å². The number of hydrogen-bond acceptors (Lipinski definition) is 2. The molecule has 2 aliphatic carbocycles. The molecule has 55 heavy (non-hydrogen) atoms. The monoisotopic (exact) mass is 709 g/mol. The van der Waals surface area contributed by atoms with Crippen LogP contribution in [0, 0.1) is 0 Å². The molecule has 1 aromatic heterocycles. The highest BCUT2D eigenvalue weighted by Crippen LogP contribution is 2.52. The number of anilines is 3. The van der Waals surface area contributed by atoms with Crippen LogP contribution >= 0.6 is 0 Å². The first kappa shape index (κ1) is 32.3. The Morgan fingerprint density at radius 3 is 2.04 bits per heavy atom. The van der Waals surface area contributed by atoms with Gasteiger partial charge >= 0.3 is 0 Å². The predicted octanol–water partition coefficient (Wildman–Crippen LogP) is 15.4. The van der Waals surface area contributed by atoms with Crippen molar-refractivity contribution >= 4 is 60.5 Å². The number of benzene rings is 8. The summed E-state index contributed by atoms with van der Waals surface area (Å²) in [6, 6.07) is 58.6. The second-order valence-corrected chi connectivity index (χ2v) is 16.3. The number of rotatable bonds is 5. The number of para-hydroxylation sites is 1. The van der Waals surface area contributed by atoms with Crippen LogP contribution in [0.25, 0.3) is 65.7 Å². The molecule has 0 radical (unpaired) electrons. The second kappa shape index (κ2) is 12.5. The van der Waals surface area contributed by atoms with Crippen LogP contribution in [0.2, 0.25) is 0 Å². The molecule has 1 heterocycles. The first-order valence-electron chi connectivity index (χ1n) is 20.0. The minimum atomic E-state index is -0.131. The summed E-state index contributed by atoms with van der Waals surface area (Å²) in [7, 11) is 0. The van der Waals surface area contributed by atoms with Crippen LogP contribution < -0.4 is 4.90 Å². The highest BCUT2D eigenvalue weighted by molar-refractivity contribution is 6.12. The van der Waals surface area contributed by atoms with E-state index in [2.05, 4.69) is 176 Å². The molecule has 11 rings (SSSR count). The molecule has 2 aliphatic rings. The number of nitrogens with zero attached hydrogens (tertiary/aromatic N) is 1. The van der Waals surface area contributed by atoms with Gasteiger partial charge in [0.25, 0.3) is 0 Å². The summed E-state index contributed by atoms with van der Waals surface area (Å²) in [5.74, 6) is 0.564. The molecule has 0 atom stereocenters. The Balaban J connectivity index is 1.18. The summed E-state index contributed by atoms with van der Waals surface area (Å²) in [5, 5.41) is 7.33. The lowest BCUT2D eigenvalue weighted by atomic mass is 9.82. The van der Waals surface area contributed by atoms with Gasteiger partial charge in [0.1, 0.15) is 11.2 Å². The predicted molar refractivity (Wildman–Crippen MR) is 232 cm³/mol. The van der Waals surface area contributed by atoms with Crippen LogP contribution in [0.15, 0.2) is 162 Å². The fraction of sp³-hybridized carbons (Fsp3) is 0.170. The molecule has 8 aromatic carbocycles. The first-order chi connectivity index (χ1) is 27.0. The molecule has 2 nitrogen and oxygen atoms in total. The van der Waals surface area contributed by atoms with E-state index < -0.39 is 0 Å². The summed E-state index contributed by atoms with van der Waals surface area (Å²) >= 11 is 0. The largest absolute Gasteiger partial charge is 0.456 e. The average molecular weight is 710 g/mol. The Labute approximate surface area is 322 Å². The maximum absolute atomic E-state index is 6.96. The number of hydrogen-bond donors (Lipinski definition) is 0. The third-order valence-corrected chi connectivity index (χ3v) is 12.8. The van der Waals surface area contributed by atoms with Crippen molar-refractivity contribution in [1.29, 1.82) is 0 Å². The van der Waals surface area contributed by atoms with Crippen LogP contribution in [0.4, 0.5) is 17.1 Å². The normalized spacial score (nSPS) is 15.2. The quantitative estimate of drug-likeness (QED) is 0.177. The van der Waals surface area contributed by atoms with Gasteiger partial charge < -0.3 is 9.32 Å². The molecular formula is C53H43NO. The fourth-order valence-electron chi connectivity index (χ4n) is 10.1. The van der Waals surface area contributed by atoms with Gasteiger partial charge in [0.15, 0.2) is 0 Å². The highest BCUT2D eigenvalue weighted by atomic mass is 16.3. The van der Waals surface area contributed by atoms with E-state index in [1.807, 2.05) is 0 Å². The van der Waals surface area contributed by atoms with Gasteiger partial charge in [-0.3, -0.25) is 0 Å². The van der Waals surface area contributed by atoms with Crippen molar-refractivity contribution in [2.75, 3.05) is 4.90 Å². The minimum absolute atomic E-state index is 0.131. The molecule has 2 heteroatoms. The number of furan rings is 1. The molecule has 0 saturated heterocycles. The van der Waals surface area contributed by atoms with Gasteiger partial charge in [-0.1, -0.05) is 154 Å². The van der Waals surface area contributed by atoms with Gasteiger partial charge in [-0.2, -0.15) is 0 Å². The maximum atomic E-state index is 6.96. The molecule has 266 valence electrons. The Morgan fingerprint density at radius 1 is 0.509 bits per heavy atom. The van der Waals surface area contributed by atoms with Crippen molar-refractivity contribution in [3.05, 3.63) is 174 Å². The molecule has 0 amide bonds. The SMILES string of the molecule is CC1(C)c2ccccc2-c2ccc(N(c3ccc4c(c3)oc3c(C5CCCCC5)cccc34)c3ccc4ccccc4c3-c3cccc4ccccc34)cc21.